The van der Waals surface area contributed by atoms with Crippen LogP contribution in [0, 0.1) is 10.1 Å². The van der Waals surface area contributed by atoms with E-state index in [2.05, 4.69) is 25.8 Å². The number of hydrogen-bond donors (Lipinski definition) is 0. The first-order chi connectivity index (χ1) is 11.6. The fraction of sp³-hybridized carbons (Fsp3) is 0.250. The van der Waals surface area contributed by atoms with E-state index < -0.39 is 4.92 Å². The van der Waals surface area contributed by atoms with Crippen molar-refractivity contribution >= 4 is 33.2 Å². The van der Waals surface area contributed by atoms with Gasteiger partial charge in [-0.15, -0.1) is 0 Å². The Balaban J connectivity index is 1.69. The first kappa shape index (κ1) is 16.4. The number of nitro groups is 1. The average molecular weight is 391 g/mol. The van der Waals surface area contributed by atoms with E-state index in [0.29, 0.717) is 36.2 Å². The predicted molar refractivity (Wildman–Crippen MR) is 93.1 cm³/mol. The van der Waals surface area contributed by atoms with Crippen LogP contribution in [0.15, 0.2) is 47.2 Å². The summed E-state index contributed by atoms with van der Waals surface area (Å²) in [7, 11) is 0. The topological polar surface area (TPSA) is 79.6 Å². The molecule has 8 heteroatoms. The van der Waals surface area contributed by atoms with Crippen molar-refractivity contribution in [3.8, 4) is 0 Å². The third kappa shape index (κ3) is 3.38. The van der Waals surface area contributed by atoms with Gasteiger partial charge in [0.1, 0.15) is 0 Å². The number of carbonyl (C=O) groups is 1. The average Bonchev–Trinajstić information content (AvgIpc) is 2.62. The molecule has 0 bridgehead atoms. The van der Waals surface area contributed by atoms with Crippen LogP contribution in [0.4, 0.5) is 11.4 Å². The number of benzene rings is 1. The lowest BCUT2D eigenvalue weighted by molar-refractivity contribution is -0.385. The Labute approximate surface area is 147 Å². The van der Waals surface area contributed by atoms with E-state index in [0.717, 1.165) is 5.69 Å². The normalized spacial score (nSPS) is 14.5. The molecule has 1 aliphatic rings. The van der Waals surface area contributed by atoms with Crippen LogP contribution in [0.1, 0.15) is 10.4 Å². The number of nitrogens with zero attached hydrogens (tertiary/aromatic N) is 4. The Kier molecular flexibility index (Phi) is 4.75. The zero-order valence-corrected chi connectivity index (χ0v) is 14.3. The van der Waals surface area contributed by atoms with Gasteiger partial charge in [-0.1, -0.05) is 0 Å². The summed E-state index contributed by atoms with van der Waals surface area (Å²) in [6.07, 6.45) is 3.49. The molecule has 0 atom stereocenters. The molecular formula is C16H15BrN4O3. The second-order valence-electron chi connectivity index (χ2n) is 5.41. The van der Waals surface area contributed by atoms with Gasteiger partial charge in [0.15, 0.2) is 0 Å². The minimum atomic E-state index is -0.498. The molecule has 3 rings (SSSR count). The Morgan fingerprint density at radius 1 is 1.12 bits per heavy atom. The maximum absolute atomic E-state index is 12.6. The Bertz CT molecular complexity index is 761. The van der Waals surface area contributed by atoms with E-state index in [-0.39, 0.29) is 11.6 Å². The summed E-state index contributed by atoms with van der Waals surface area (Å²) in [6, 6.07) is 8.35. The molecule has 0 saturated carbocycles. The van der Waals surface area contributed by atoms with Gasteiger partial charge in [0, 0.05) is 55.9 Å². The molecule has 0 N–H and O–H groups in total. The minimum Gasteiger partial charge on any atom is -0.368 e. The van der Waals surface area contributed by atoms with Gasteiger partial charge in [0.05, 0.1) is 9.40 Å². The molecule has 7 nitrogen and oxygen atoms in total. The lowest BCUT2D eigenvalue weighted by Crippen LogP contribution is -2.48. The summed E-state index contributed by atoms with van der Waals surface area (Å²) in [6.45, 7) is 2.58. The summed E-state index contributed by atoms with van der Waals surface area (Å²) in [5.74, 6) is -0.181. The van der Waals surface area contributed by atoms with Crippen LogP contribution in [0.25, 0.3) is 0 Å². The quantitative estimate of drug-likeness (QED) is 0.594. The zero-order chi connectivity index (χ0) is 17.1. The van der Waals surface area contributed by atoms with Crippen molar-refractivity contribution in [2.75, 3.05) is 31.1 Å². The number of pyridine rings is 1. The standard InChI is InChI=1S/C16H15BrN4O3/c17-14-2-1-12(11-15(14)21(23)24)16(22)20-9-7-19(8-10-20)13-3-5-18-6-4-13/h1-6,11H,7-10H2. The number of carbonyl (C=O) groups excluding carboxylic acids is 1. The van der Waals surface area contributed by atoms with Gasteiger partial charge in [0.25, 0.3) is 11.6 Å². The van der Waals surface area contributed by atoms with Gasteiger partial charge < -0.3 is 9.80 Å². The molecule has 0 aliphatic carbocycles. The van der Waals surface area contributed by atoms with Crippen molar-refractivity contribution in [3.63, 3.8) is 0 Å². The first-order valence-electron chi connectivity index (χ1n) is 7.44. The molecule has 1 aliphatic heterocycles. The third-order valence-corrected chi connectivity index (χ3v) is 4.66. The van der Waals surface area contributed by atoms with E-state index in [4.69, 9.17) is 0 Å². The number of piperazine rings is 1. The van der Waals surface area contributed by atoms with Crippen LogP contribution < -0.4 is 4.90 Å². The molecule has 1 aromatic heterocycles. The Morgan fingerprint density at radius 2 is 1.79 bits per heavy atom. The van der Waals surface area contributed by atoms with Crippen LogP contribution in [0.2, 0.25) is 0 Å². The lowest BCUT2D eigenvalue weighted by atomic mass is 10.1. The molecule has 0 spiro atoms. The Morgan fingerprint density at radius 3 is 2.42 bits per heavy atom. The Hall–Kier alpha value is -2.48. The van der Waals surface area contributed by atoms with Crippen LogP contribution in [-0.2, 0) is 0 Å². The van der Waals surface area contributed by atoms with Crippen LogP contribution in [-0.4, -0.2) is 46.9 Å². The van der Waals surface area contributed by atoms with E-state index in [1.165, 1.54) is 6.07 Å². The van der Waals surface area contributed by atoms with Crippen LogP contribution in [0.3, 0.4) is 0 Å². The van der Waals surface area contributed by atoms with Crippen molar-refractivity contribution in [3.05, 3.63) is 62.9 Å². The van der Waals surface area contributed by atoms with Crippen molar-refractivity contribution < 1.29 is 9.72 Å². The number of anilines is 1. The number of aromatic nitrogens is 1. The summed E-state index contributed by atoms with van der Waals surface area (Å²) >= 11 is 3.13. The van der Waals surface area contributed by atoms with Crippen LogP contribution in [0.5, 0.6) is 0 Å². The summed E-state index contributed by atoms with van der Waals surface area (Å²) < 4.78 is 0.367. The summed E-state index contributed by atoms with van der Waals surface area (Å²) in [5, 5.41) is 11.0. The second-order valence-corrected chi connectivity index (χ2v) is 6.26. The zero-order valence-electron chi connectivity index (χ0n) is 12.8. The highest BCUT2D eigenvalue weighted by Gasteiger charge is 2.24. The SMILES string of the molecule is O=C(c1ccc(Br)c([N+](=O)[O-])c1)N1CCN(c2ccncc2)CC1. The van der Waals surface area contributed by atoms with Gasteiger partial charge in [-0.05, 0) is 40.2 Å². The fourth-order valence-corrected chi connectivity index (χ4v) is 3.08. The molecule has 1 fully saturated rings. The number of halogens is 1. The van der Waals surface area contributed by atoms with E-state index in [9.17, 15) is 14.9 Å². The summed E-state index contributed by atoms with van der Waals surface area (Å²) in [4.78, 5) is 31.0. The summed E-state index contributed by atoms with van der Waals surface area (Å²) in [5.41, 5.74) is 1.31. The van der Waals surface area contributed by atoms with Crippen molar-refractivity contribution in [1.82, 2.24) is 9.88 Å². The minimum absolute atomic E-state index is 0.101. The van der Waals surface area contributed by atoms with E-state index in [1.54, 1.807) is 29.4 Å². The molecule has 1 saturated heterocycles. The lowest BCUT2D eigenvalue weighted by Gasteiger charge is -2.36. The molecule has 124 valence electrons. The molecule has 2 heterocycles. The van der Waals surface area contributed by atoms with Crippen molar-refractivity contribution in [2.45, 2.75) is 0 Å². The molecule has 0 radical (unpaired) electrons. The highest BCUT2D eigenvalue weighted by Crippen LogP contribution is 2.26. The maximum atomic E-state index is 12.6. The number of amides is 1. The van der Waals surface area contributed by atoms with Gasteiger partial charge >= 0.3 is 0 Å². The molecule has 1 aromatic carbocycles. The highest BCUT2D eigenvalue weighted by molar-refractivity contribution is 9.10. The molecular weight excluding hydrogens is 376 g/mol. The van der Waals surface area contributed by atoms with E-state index >= 15 is 0 Å². The van der Waals surface area contributed by atoms with Gasteiger partial charge in [-0.3, -0.25) is 19.9 Å². The monoisotopic (exact) mass is 390 g/mol. The maximum Gasteiger partial charge on any atom is 0.284 e. The largest absolute Gasteiger partial charge is 0.368 e. The van der Waals surface area contributed by atoms with Gasteiger partial charge in [-0.25, -0.2) is 0 Å². The molecule has 2 aromatic rings. The van der Waals surface area contributed by atoms with Crippen molar-refractivity contribution in [1.29, 1.82) is 0 Å². The first-order valence-corrected chi connectivity index (χ1v) is 8.24. The second kappa shape index (κ2) is 6.96. The smallest absolute Gasteiger partial charge is 0.284 e. The molecule has 1 amide bonds. The van der Waals surface area contributed by atoms with Crippen LogP contribution >= 0.6 is 15.9 Å². The number of rotatable bonds is 3. The van der Waals surface area contributed by atoms with Gasteiger partial charge in [-0.2, -0.15) is 0 Å². The van der Waals surface area contributed by atoms with E-state index in [1.807, 2.05) is 12.1 Å². The number of hydrogen-bond acceptors (Lipinski definition) is 5. The fourth-order valence-electron chi connectivity index (χ4n) is 2.69. The van der Waals surface area contributed by atoms with Crippen molar-refractivity contribution in [2.24, 2.45) is 0 Å². The third-order valence-electron chi connectivity index (χ3n) is 3.98. The van der Waals surface area contributed by atoms with Gasteiger partial charge in [0.2, 0.25) is 0 Å². The molecule has 24 heavy (non-hydrogen) atoms. The number of nitro benzene ring substituents is 1. The highest BCUT2D eigenvalue weighted by atomic mass is 79.9. The molecule has 0 unspecified atom stereocenters. The predicted octanol–water partition coefficient (Wildman–Crippen LogP) is 2.71.